The normalized spacial score (nSPS) is 11.4. The van der Waals surface area contributed by atoms with Gasteiger partial charge in [-0.15, -0.1) is 0 Å². The molecule has 3 rings (SSSR count). The molecule has 2 aromatic carbocycles. The number of aryl methyl sites for hydroxylation is 2. The van der Waals surface area contributed by atoms with Crippen molar-refractivity contribution >= 4 is 9.84 Å². The van der Waals surface area contributed by atoms with Gasteiger partial charge in [-0.2, -0.15) is 5.26 Å². The molecule has 0 N–H and O–H groups in total. The van der Waals surface area contributed by atoms with Gasteiger partial charge in [-0.25, -0.2) is 17.2 Å². The Morgan fingerprint density at radius 1 is 1.11 bits per heavy atom. The summed E-state index contributed by atoms with van der Waals surface area (Å²) in [5.41, 5.74) is 1.92. The van der Waals surface area contributed by atoms with Gasteiger partial charge < -0.3 is 4.52 Å². The summed E-state index contributed by atoms with van der Waals surface area (Å²) in [6, 6.07) is 8.50. The van der Waals surface area contributed by atoms with Crippen molar-refractivity contribution in [3.63, 3.8) is 0 Å². The molecule has 0 aliphatic heterocycles. The van der Waals surface area contributed by atoms with Crippen molar-refractivity contribution in [2.75, 3.05) is 6.26 Å². The van der Waals surface area contributed by atoms with E-state index in [1.54, 1.807) is 25.1 Å². The molecule has 0 saturated carbocycles. The molecule has 0 aliphatic carbocycles. The first-order valence-corrected chi connectivity index (χ1v) is 9.69. The molecule has 27 heavy (non-hydrogen) atoms. The zero-order valence-corrected chi connectivity index (χ0v) is 15.5. The lowest BCUT2D eigenvalue weighted by atomic mass is 9.96. The van der Waals surface area contributed by atoms with Gasteiger partial charge in [0.25, 0.3) is 0 Å². The number of rotatable bonds is 3. The van der Waals surface area contributed by atoms with Crippen LogP contribution in [0.3, 0.4) is 0 Å². The van der Waals surface area contributed by atoms with E-state index < -0.39 is 26.4 Å². The fourth-order valence-corrected chi connectivity index (χ4v) is 3.51. The second-order valence-electron chi connectivity index (χ2n) is 6.14. The zero-order valence-electron chi connectivity index (χ0n) is 14.7. The summed E-state index contributed by atoms with van der Waals surface area (Å²) in [6.45, 7) is 3.31. The SMILES string of the molecule is Cc1ccc(-c2noc(C)c2-c2cc(F)c(S(C)(=O)=O)cc2F)cc1C#N. The van der Waals surface area contributed by atoms with Crippen LogP contribution in [0.5, 0.6) is 0 Å². The molecular formula is C19H14F2N2O3S. The second-order valence-corrected chi connectivity index (χ2v) is 8.12. The largest absolute Gasteiger partial charge is 0.360 e. The molecule has 1 aromatic heterocycles. The van der Waals surface area contributed by atoms with Crippen LogP contribution in [-0.4, -0.2) is 19.8 Å². The molecule has 0 saturated heterocycles. The molecule has 0 fully saturated rings. The molecule has 0 aliphatic rings. The maximum atomic E-state index is 14.7. The monoisotopic (exact) mass is 388 g/mol. The van der Waals surface area contributed by atoms with Gasteiger partial charge in [0.1, 0.15) is 28.0 Å². The van der Waals surface area contributed by atoms with Crippen LogP contribution in [0.15, 0.2) is 39.8 Å². The van der Waals surface area contributed by atoms with Crippen molar-refractivity contribution in [3.8, 4) is 28.5 Å². The van der Waals surface area contributed by atoms with Gasteiger partial charge in [-0.3, -0.25) is 0 Å². The van der Waals surface area contributed by atoms with Crippen molar-refractivity contribution in [2.24, 2.45) is 0 Å². The van der Waals surface area contributed by atoms with Crippen LogP contribution in [-0.2, 0) is 9.84 Å². The Bertz CT molecular complexity index is 1210. The van der Waals surface area contributed by atoms with Crippen molar-refractivity contribution in [1.29, 1.82) is 5.26 Å². The lowest BCUT2D eigenvalue weighted by Crippen LogP contribution is -2.03. The highest BCUT2D eigenvalue weighted by Crippen LogP contribution is 2.37. The Balaban J connectivity index is 2.25. The molecule has 1 heterocycles. The minimum absolute atomic E-state index is 0.173. The summed E-state index contributed by atoms with van der Waals surface area (Å²) in [6.07, 6.45) is 0.802. The number of hydrogen-bond acceptors (Lipinski definition) is 5. The summed E-state index contributed by atoms with van der Waals surface area (Å²) in [5, 5.41) is 13.1. The molecule has 0 atom stereocenters. The minimum atomic E-state index is -3.92. The Morgan fingerprint density at radius 2 is 1.81 bits per heavy atom. The van der Waals surface area contributed by atoms with E-state index in [1.165, 1.54) is 6.92 Å². The predicted molar refractivity (Wildman–Crippen MR) is 94.6 cm³/mol. The van der Waals surface area contributed by atoms with Gasteiger partial charge in [0, 0.05) is 17.4 Å². The number of nitriles is 1. The highest BCUT2D eigenvalue weighted by molar-refractivity contribution is 7.90. The van der Waals surface area contributed by atoms with E-state index in [0.717, 1.165) is 17.9 Å². The number of aromatic nitrogens is 1. The standard InChI is InChI=1S/C19H14F2N2O3S/c1-10-4-5-12(6-13(10)9-22)19-18(11(2)26-23-19)14-7-16(21)17(8-15(14)20)27(3,24)25/h4-8H,1-3H3. The Morgan fingerprint density at radius 3 is 2.44 bits per heavy atom. The molecule has 0 radical (unpaired) electrons. The fraction of sp³-hybridized carbons (Fsp3) is 0.158. The third-order valence-electron chi connectivity index (χ3n) is 4.18. The first-order chi connectivity index (χ1) is 12.6. The third-order valence-corrected chi connectivity index (χ3v) is 5.30. The first-order valence-electron chi connectivity index (χ1n) is 7.80. The van der Waals surface area contributed by atoms with Crippen LogP contribution < -0.4 is 0 Å². The number of hydrogen-bond donors (Lipinski definition) is 0. The molecule has 5 nitrogen and oxygen atoms in total. The lowest BCUT2D eigenvalue weighted by Gasteiger charge is -2.08. The zero-order chi connectivity index (χ0) is 19.9. The lowest BCUT2D eigenvalue weighted by molar-refractivity contribution is 0.400. The van der Waals surface area contributed by atoms with Crippen molar-refractivity contribution in [3.05, 3.63) is 58.9 Å². The number of nitrogens with zero attached hydrogens (tertiary/aromatic N) is 2. The van der Waals surface area contributed by atoms with Crippen LogP contribution in [0.25, 0.3) is 22.4 Å². The summed E-state index contributed by atoms with van der Waals surface area (Å²) in [5.74, 6) is -1.76. The summed E-state index contributed by atoms with van der Waals surface area (Å²) < 4.78 is 57.3. The van der Waals surface area contributed by atoms with E-state index in [4.69, 9.17) is 4.52 Å². The van der Waals surface area contributed by atoms with E-state index >= 15 is 0 Å². The van der Waals surface area contributed by atoms with Crippen LogP contribution in [0.2, 0.25) is 0 Å². The van der Waals surface area contributed by atoms with Crippen molar-refractivity contribution in [2.45, 2.75) is 18.7 Å². The maximum Gasteiger partial charge on any atom is 0.178 e. The van der Waals surface area contributed by atoms with Gasteiger partial charge in [0.15, 0.2) is 9.84 Å². The Kier molecular flexibility index (Phi) is 4.57. The van der Waals surface area contributed by atoms with E-state index in [-0.39, 0.29) is 22.6 Å². The molecule has 0 spiro atoms. The van der Waals surface area contributed by atoms with Gasteiger partial charge in [-0.05, 0) is 37.6 Å². The smallest absolute Gasteiger partial charge is 0.178 e. The number of benzene rings is 2. The second kappa shape index (κ2) is 6.59. The van der Waals surface area contributed by atoms with Crippen LogP contribution >= 0.6 is 0 Å². The minimum Gasteiger partial charge on any atom is -0.360 e. The van der Waals surface area contributed by atoms with Crippen molar-refractivity contribution in [1.82, 2.24) is 5.16 Å². The van der Waals surface area contributed by atoms with Gasteiger partial charge in [0.05, 0.1) is 17.2 Å². The van der Waals surface area contributed by atoms with Gasteiger partial charge in [-0.1, -0.05) is 17.3 Å². The van der Waals surface area contributed by atoms with E-state index in [1.807, 2.05) is 0 Å². The number of sulfone groups is 1. The van der Waals surface area contributed by atoms with E-state index in [2.05, 4.69) is 11.2 Å². The number of halogens is 2. The molecule has 0 bridgehead atoms. The van der Waals surface area contributed by atoms with Crippen LogP contribution in [0.4, 0.5) is 8.78 Å². The summed E-state index contributed by atoms with van der Waals surface area (Å²) >= 11 is 0. The van der Waals surface area contributed by atoms with Gasteiger partial charge in [0.2, 0.25) is 0 Å². The first kappa shape index (κ1) is 18.7. The topological polar surface area (TPSA) is 84.0 Å². The summed E-state index contributed by atoms with van der Waals surface area (Å²) in [4.78, 5) is -0.721. The quantitative estimate of drug-likeness (QED) is 0.672. The van der Waals surface area contributed by atoms with Gasteiger partial charge >= 0.3 is 0 Å². The molecular weight excluding hydrogens is 374 g/mol. The Hall–Kier alpha value is -3.05. The molecule has 0 unspecified atom stereocenters. The van der Waals surface area contributed by atoms with Crippen molar-refractivity contribution < 1.29 is 21.7 Å². The highest BCUT2D eigenvalue weighted by atomic mass is 32.2. The third kappa shape index (κ3) is 3.34. The molecule has 0 amide bonds. The van der Waals surface area contributed by atoms with Crippen LogP contribution in [0.1, 0.15) is 16.9 Å². The van der Waals surface area contributed by atoms with Crippen LogP contribution in [0, 0.1) is 36.8 Å². The maximum absolute atomic E-state index is 14.7. The average Bonchev–Trinajstić information content (AvgIpc) is 2.97. The van der Waals surface area contributed by atoms with E-state index in [9.17, 15) is 22.5 Å². The Labute approximate surface area is 154 Å². The fourth-order valence-electron chi connectivity index (χ4n) is 2.78. The molecule has 8 heteroatoms. The average molecular weight is 388 g/mol. The molecule has 138 valence electrons. The summed E-state index contributed by atoms with van der Waals surface area (Å²) in [7, 11) is -3.92. The predicted octanol–water partition coefficient (Wildman–Crippen LogP) is 4.18. The van der Waals surface area contributed by atoms with E-state index in [0.29, 0.717) is 17.2 Å². The highest BCUT2D eigenvalue weighted by Gasteiger charge is 2.24. The molecule has 3 aromatic rings.